The van der Waals surface area contributed by atoms with E-state index in [-0.39, 0.29) is 0 Å². The fraction of sp³-hybridized carbons (Fsp3) is 0.182. The van der Waals surface area contributed by atoms with Crippen molar-refractivity contribution in [1.82, 2.24) is 4.98 Å². The van der Waals surface area contributed by atoms with E-state index in [0.29, 0.717) is 0 Å². The quantitative estimate of drug-likeness (QED) is 0.913. The second kappa shape index (κ2) is 4.43. The molecule has 1 aromatic carbocycles. The zero-order valence-electron chi connectivity index (χ0n) is 8.14. The Labute approximate surface area is 101 Å². The minimum absolute atomic E-state index is 0.494. The molecular weight excluding hydrogens is 274 g/mol. The fourth-order valence-electron chi connectivity index (χ4n) is 1.27. The van der Waals surface area contributed by atoms with Crippen molar-refractivity contribution in [3.8, 4) is 11.3 Å². The lowest BCUT2D eigenvalue weighted by atomic mass is 10.2. The third kappa shape index (κ3) is 2.27. The Balaban J connectivity index is 2.42. The summed E-state index contributed by atoms with van der Waals surface area (Å²) >= 11 is 4.96. The van der Waals surface area contributed by atoms with Crippen molar-refractivity contribution in [1.29, 1.82) is 0 Å². The zero-order valence-corrected chi connectivity index (χ0v) is 10.5. The minimum atomic E-state index is -0.494. The number of aromatic nitrogens is 1. The van der Waals surface area contributed by atoms with E-state index < -0.39 is 6.10 Å². The highest BCUT2D eigenvalue weighted by Gasteiger charge is 2.10. The molecule has 1 atom stereocenters. The summed E-state index contributed by atoms with van der Waals surface area (Å²) in [5.41, 5.74) is 1.96. The number of halogens is 1. The highest BCUT2D eigenvalue weighted by Crippen LogP contribution is 2.30. The van der Waals surface area contributed by atoms with Gasteiger partial charge in [0, 0.05) is 15.4 Å². The summed E-state index contributed by atoms with van der Waals surface area (Å²) in [5, 5.41) is 12.1. The molecule has 0 saturated carbocycles. The average molecular weight is 284 g/mol. The number of aliphatic hydroxyl groups is 1. The minimum Gasteiger partial charge on any atom is -0.386 e. The molecule has 2 rings (SSSR count). The summed E-state index contributed by atoms with van der Waals surface area (Å²) in [6, 6.07) is 7.93. The average Bonchev–Trinajstić information content (AvgIpc) is 2.67. The van der Waals surface area contributed by atoms with E-state index in [0.717, 1.165) is 20.7 Å². The molecule has 1 N–H and O–H groups in total. The van der Waals surface area contributed by atoms with Crippen molar-refractivity contribution in [2.45, 2.75) is 13.0 Å². The first-order valence-electron chi connectivity index (χ1n) is 4.57. The second-order valence-electron chi connectivity index (χ2n) is 3.23. The number of hydrogen-bond acceptors (Lipinski definition) is 3. The Morgan fingerprint density at radius 2 is 2.13 bits per heavy atom. The molecule has 1 aromatic heterocycles. The monoisotopic (exact) mass is 283 g/mol. The van der Waals surface area contributed by atoms with Gasteiger partial charge in [-0.2, -0.15) is 0 Å². The Kier molecular flexibility index (Phi) is 3.19. The number of thiazole rings is 1. The van der Waals surface area contributed by atoms with Crippen molar-refractivity contribution >= 4 is 27.3 Å². The summed E-state index contributed by atoms with van der Waals surface area (Å²) in [6.07, 6.45) is -0.494. The molecule has 0 aliphatic rings. The summed E-state index contributed by atoms with van der Waals surface area (Å²) < 4.78 is 1.02. The first kappa shape index (κ1) is 10.8. The van der Waals surface area contributed by atoms with Gasteiger partial charge in [-0.25, -0.2) is 4.98 Å². The van der Waals surface area contributed by atoms with Crippen molar-refractivity contribution in [3.05, 3.63) is 39.1 Å². The van der Waals surface area contributed by atoms with Crippen LogP contribution in [0.15, 0.2) is 34.1 Å². The Bertz CT molecular complexity index is 467. The van der Waals surface area contributed by atoms with Crippen LogP contribution in [0, 0.1) is 0 Å². The SMILES string of the molecule is CC(O)c1nc(-c2ccccc2Br)cs1. The Morgan fingerprint density at radius 3 is 2.73 bits per heavy atom. The molecule has 0 aliphatic carbocycles. The summed E-state index contributed by atoms with van der Waals surface area (Å²) in [5.74, 6) is 0. The smallest absolute Gasteiger partial charge is 0.122 e. The second-order valence-corrected chi connectivity index (χ2v) is 4.97. The molecule has 1 heterocycles. The van der Waals surface area contributed by atoms with Gasteiger partial charge in [-0.3, -0.25) is 0 Å². The largest absolute Gasteiger partial charge is 0.386 e. The Hall–Kier alpha value is -0.710. The lowest BCUT2D eigenvalue weighted by Crippen LogP contribution is -1.89. The number of nitrogens with zero attached hydrogens (tertiary/aromatic N) is 1. The van der Waals surface area contributed by atoms with Crippen LogP contribution in [0.4, 0.5) is 0 Å². The standard InChI is InChI=1S/C11H10BrNOS/c1-7(14)11-13-10(6-15-11)8-4-2-3-5-9(8)12/h2-7,14H,1H3. The molecular formula is C11H10BrNOS. The maximum atomic E-state index is 9.39. The zero-order chi connectivity index (χ0) is 10.8. The van der Waals surface area contributed by atoms with Gasteiger partial charge in [0.05, 0.1) is 5.69 Å². The van der Waals surface area contributed by atoms with E-state index in [2.05, 4.69) is 20.9 Å². The summed E-state index contributed by atoms with van der Waals surface area (Å²) in [6.45, 7) is 1.72. The first-order chi connectivity index (χ1) is 7.18. The van der Waals surface area contributed by atoms with Crippen molar-refractivity contribution in [2.75, 3.05) is 0 Å². The van der Waals surface area contributed by atoms with Crippen LogP contribution in [0.5, 0.6) is 0 Å². The van der Waals surface area contributed by atoms with Crippen LogP contribution in [0.3, 0.4) is 0 Å². The van der Waals surface area contributed by atoms with Crippen LogP contribution >= 0.6 is 27.3 Å². The highest BCUT2D eigenvalue weighted by molar-refractivity contribution is 9.10. The van der Waals surface area contributed by atoms with E-state index >= 15 is 0 Å². The van der Waals surface area contributed by atoms with E-state index in [1.807, 2.05) is 29.6 Å². The number of hydrogen-bond donors (Lipinski definition) is 1. The van der Waals surface area contributed by atoms with E-state index in [9.17, 15) is 5.11 Å². The van der Waals surface area contributed by atoms with Gasteiger partial charge in [0.2, 0.25) is 0 Å². The number of benzene rings is 1. The lowest BCUT2D eigenvalue weighted by Gasteiger charge is -2.00. The van der Waals surface area contributed by atoms with E-state index in [1.165, 1.54) is 11.3 Å². The van der Waals surface area contributed by atoms with E-state index in [4.69, 9.17) is 0 Å². The predicted molar refractivity (Wildman–Crippen MR) is 65.9 cm³/mol. The van der Waals surface area contributed by atoms with Crippen LogP contribution in [0.2, 0.25) is 0 Å². The summed E-state index contributed by atoms with van der Waals surface area (Å²) in [7, 11) is 0. The number of rotatable bonds is 2. The molecule has 1 unspecified atom stereocenters. The van der Waals surface area contributed by atoms with Crippen LogP contribution in [0.1, 0.15) is 18.0 Å². The van der Waals surface area contributed by atoms with Gasteiger partial charge in [-0.15, -0.1) is 11.3 Å². The Morgan fingerprint density at radius 1 is 1.40 bits per heavy atom. The van der Waals surface area contributed by atoms with Gasteiger partial charge in [-0.1, -0.05) is 34.1 Å². The van der Waals surface area contributed by atoms with Gasteiger partial charge in [0.25, 0.3) is 0 Å². The number of aliphatic hydroxyl groups excluding tert-OH is 1. The van der Waals surface area contributed by atoms with Gasteiger partial charge in [-0.05, 0) is 13.0 Å². The molecule has 78 valence electrons. The molecule has 0 amide bonds. The molecule has 0 spiro atoms. The predicted octanol–water partition coefficient (Wildman–Crippen LogP) is 3.63. The van der Waals surface area contributed by atoms with Crippen LogP contribution in [-0.4, -0.2) is 10.1 Å². The van der Waals surface area contributed by atoms with Crippen LogP contribution < -0.4 is 0 Å². The molecule has 0 fully saturated rings. The molecule has 0 saturated heterocycles. The molecule has 15 heavy (non-hydrogen) atoms. The van der Waals surface area contributed by atoms with Crippen molar-refractivity contribution in [2.24, 2.45) is 0 Å². The molecule has 0 radical (unpaired) electrons. The third-order valence-corrected chi connectivity index (χ3v) is 3.74. The highest BCUT2D eigenvalue weighted by atomic mass is 79.9. The molecule has 0 aliphatic heterocycles. The fourth-order valence-corrected chi connectivity index (χ4v) is 2.52. The molecule has 4 heteroatoms. The normalized spacial score (nSPS) is 12.7. The molecule has 0 bridgehead atoms. The third-order valence-electron chi connectivity index (χ3n) is 2.03. The first-order valence-corrected chi connectivity index (χ1v) is 6.24. The lowest BCUT2D eigenvalue weighted by molar-refractivity contribution is 0.199. The van der Waals surface area contributed by atoms with Gasteiger partial charge < -0.3 is 5.11 Å². The maximum Gasteiger partial charge on any atom is 0.122 e. The molecule has 2 aromatic rings. The summed E-state index contributed by atoms with van der Waals surface area (Å²) in [4.78, 5) is 4.38. The van der Waals surface area contributed by atoms with E-state index in [1.54, 1.807) is 6.92 Å². The van der Waals surface area contributed by atoms with Gasteiger partial charge >= 0.3 is 0 Å². The van der Waals surface area contributed by atoms with Crippen molar-refractivity contribution in [3.63, 3.8) is 0 Å². The topological polar surface area (TPSA) is 33.1 Å². The van der Waals surface area contributed by atoms with Crippen LogP contribution in [-0.2, 0) is 0 Å². The van der Waals surface area contributed by atoms with Crippen LogP contribution in [0.25, 0.3) is 11.3 Å². The maximum absolute atomic E-state index is 9.39. The van der Waals surface area contributed by atoms with Crippen molar-refractivity contribution < 1.29 is 5.11 Å². The van der Waals surface area contributed by atoms with Gasteiger partial charge in [0.15, 0.2) is 0 Å². The van der Waals surface area contributed by atoms with Gasteiger partial charge in [0.1, 0.15) is 11.1 Å². The molecule has 2 nitrogen and oxygen atoms in total.